The Hall–Kier alpha value is -3.94. The van der Waals surface area contributed by atoms with E-state index in [2.05, 4.69) is 10.2 Å². The monoisotopic (exact) mass is 441 g/mol. The van der Waals surface area contributed by atoms with E-state index in [0.29, 0.717) is 0 Å². The number of hydrogen-bond donors (Lipinski definition) is 2. The van der Waals surface area contributed by atoms with Crippen molar-refractivity contribution < 1.29 is 27.1 Å². The summed E-state index contributed by atoms with van der Waals surface area (Å²) in [5.74, 6) is -0.902. The molecule has 0 unspecified atom stereocenters. The first-order valence-corrected chi connectivity index (χ1v) is 10.2. The van der Waals surface area contributed by atoms with Gasteiger partial charge in [0.25, 0.3) is 5.91 Å². The van der Waals surface area contributed by atoms with Crippen LogP contribution < -0.4 is 19.9 Å². The van der Waals surface area contributed by atoms with Gasteiger partial charge in [0.15, 0.2) is 17.2 Å². The normalized spacial score (nSPS) is 10.8. The van der Waals surface area contributed by atoms with Crippen molar-refractivity contribution in [1.29, 1.82) is 0 Å². The Morgan fingerprint density at radius 1 is 1.06 bits per heavy atom. The molecule has 3 N–H and O–H groups in total. The Kier molecular flexibility index (Phi) is 6.20. The maximum absolute atomic E-state index is 13.5. The number of nitrogens with two attached hydrogens (primary N) is 1. The first kappa shape index (κ1) is 21.8. The van der Waals surface area contributed by atoms with Gasteiger partial charge in [-0.1, -0.05) is 18.2 Å². The lowest BCUT2D eigenvalue weighted by Crippen LogP contribution is -2.15. The van der Waals surface area contributed by atoms with Gasteiger partial charge in [-0.15, -0.1) is 0 Å². The van der Waals surface area contributed by atoms with Gasteiger partial charge in [0.2, 0.25) is 10.0 Å². The van der Waals surface area contributed by atoms with E-state index in [0.717, 1.165) is 12.1 Å². The van der Waals surface area contributed by atoms with E-state index in [1.807, 2.05) is 0 Å². The molecule has 3 rings (SSSR count). The molecular formula is C21H16FN3O5S. The third-order valence-electron chi connectivity index (χ3n) is 4.10. The van der Waals surface area contributed by atoms with E-state index in [-0.39, 0.29) is 39.1 Å². The number of carbonyl (C=O) groups excluding carboxylic acids is 1. The highest BCUT2D eigenvalue weighted by atomic mass is 32.2. The number of sulfonamides is 1. The van der Waals surface area contributed by atoms with E-state index in [1.165, 1.54) is 55.6 Å². The van der Waals surface area contributed by atoms with Gasteiger partial charge in [-0.05, 0) is 36.4 Å². The molecule has 10 heteroatoms. The van der Waals surface area contributed by atoms with Crippen LogP contribution in [0.25, 0.3) is 4.85 Å². The summed E-state index contributed by atoms with van der Waals surface area (Å²) >= 11 is 0. The minimum atomic E-state index is -3.95. The summed E-state index contributed by atoms with van der Waals surface area (Å²) in [7, 11) is -2.61. The van der Waals surface area contributed by atoms with Crippen LogP contribution in [0, 0.1) is 12.4 Å². The van der Waals surface area contributed by atoms with Crippen LogP contribution in [0.5, 0.6) is 17.2 Å². The molecule has 0 aromatic heterocycles. The number of methoxy groups -OCH3 is 1. The molecule has 0 saturated heterocycles. The van der Waals surface area contributed by atoms with Crippen molar-refractivity contribution in [2.24, 2.45) is 5.14 Å². The van der Waals surface area contributed by atoms with Crippen molar-refractivity contribution in [2.75, 3.05) is 12.4 Å². The van der Waals surface area contributed by atoms with Gasteiger partial charge in [-0.2, -0.15) is 0 Å². The molecule has 0 spiro atoms. The zero-order valence-electron chi connectivity index (χ0n) is 16.1. The fourth-order valence-electron chi connectivity index (χ4n) is 2.65. The lowest BCUT2D eigenvalue weighted by molar-refractivity contribution is 0.102. The quantitative estimate of drug-likeness (QED) is 0.560. The van der Waals surface area contributed by atoms with Gasteiger partial charge in [0.1, 0.15) is 11.6 Å². The molecule has 0 saturated carbocycles. The van der Waals surface area contributed by atoms with Gasteiger partial charge in [-0.3, -0.25) is 4.79 Å². The van der Waals surface area contributed by atoms with Crippen LogP contribution in [-0.4, -0.2) is 21.4 Å². The highest BCUT2D eigenvalue weighted by molar-refractivity contribution is 7.89. The number of carbonyl (C=O) groups is 1. The number of hydrogen-bond acceptors (Lipinski definition) is 5. The lowest BCUT2D eigenvalue weighted by Gasteiger charge is -2.14. The number of amides is 1. The number of benzene rings is 3. The number of halogens is 1. The first-order valence-electron chi connectivity index (χ1n) is 8.68. The fourth-order valence-corrected chi connectivity index (χ4v) is 3.21. The number of nitrogens with one attached hydrogen (secondary N) is 1. The zero-order chi connectivity index (χ0) is 22.6. The Balaban J connectivity index is 1.97. The predicted octanol–water partition coefficient (Wildman–Crippen LogP) is 4.08. The van der Waals surface area contributed by atoms with Crippen LogP contribution in [0.3, 0.4) is 0 Å². The first-order chi connectivity index (χ1) is 14.7. The lowest BCUT2D eigenvalue weighted by atomic mass is 10.1. The van der Waals surface area contributed by atoms with Crippen LogP contribution >= 0.6 is 0 Å². The van der Waals surface area contributed by atoms with E-state index < -0.39 is 21.7 Å². The smallest absolute Gasteiger partial charge is 0.259 e. The molecule has 31 heavy (non-hydrogen) atoms. The van der Waals surface area contributed by atoms with Crippen molar-refractivity contribution in [3.05, 3.63) is 83.5 Å². The minimum absolute atomic E-state index is 0.0264. The summed E-state index contributed by atoms with van der Waals surface area (Å²) < 4.78 is 47.4. The second kappa shape index (κ2) is 8.83. The number of primary sulfonamides is 1. The summed E-state index contributed by atoms with van der Waals surface area (Å²) in [6.45, 7) is 7.19. The average molecular weight is 441 g/mol. The van der Waals surface area contributed by atoms with Crippen molar-refractivity contribution in [3.8, 4) is 17.2 Å². The number of rotatable bonds is 6. The molecule has 0 atom stereocenters. The van der Waals surface area contributed by atoms with Crippen LogP contribution in [0.4, 0.5) is 15.8 Å². The van der Waals surface area contributed by atoms with Crippen LogP contribution in [0.1, 0.15) is 10.4 Å². The molecule has 0 bridgehead atoms. The van der Waals surface area contributed by atoms with Gasteiger partial charge >= 0.3 is 0 Å². The zero-order valence-corrected chi connectivity index (χ0v) is 16.9. The predicted molar refractivity (Wildman–Crippen MR) is 111 cm³/mol. The Labute approximate surface area is 177 Å². The van der Waals surface area contributed by atoms with Crippen molar-refractivity contribution in [2.45, 2.75) is 4.90 Å². The molecular weight excluding hydrogens is 425 g/mol. The molecule has 0 fully saturated rings. The topological polar surface area (TPSA) is 112 Å². The highest BCUT2D eigenvalue weighted by Gasteiger charge is 2.17. The molecule has 158 valence electrons. The van der Waals surface area contributed by atoms with Gasteiger partial charge < -0.3 is 14.8 Å². The summed E-state index contributed by atoms with van der Waals surface area (Å²) in [5.41, 5.74) is 0.458. The maximum Gasteiger partial charge on any atom is 0.259 e. The fraction of sp³-hybridized carbons (Fsp3) is 0.0476. The largest absolute Gasteiger partial charge is 0.493 e. The van der Waals surface area contributed by atoms with Crippen molar-refractivity contribution >= 4 is 27.3 Å². The number of ether oxygens (including phenoxy) is 2. The van der Waals surface area contributed by atoms with E-state index in [1.54, 1.807) is 0 Å². The third kappa shape index (κ3) is 5.16. The Bertz CT molecular complexity index is 1300. The minimum Gasteiger partial charge on any atom is -0.493 e. The summed E-state index contributed by atoms with van der Waals surface area (Å²) in [4.78, 5) is 16.0. The molecule has 0 radical (unpaired) electrons. The second-order valence-electron chi connectivity index (χ2n) is 6.22. The molecule has 0 aliphatic carbocycles. The van der Waals surface area contributed by atoms with Gasteiger partial charge in [0, 0.05) is 11.8 Å². The molecule has 0 aliphatic heterocycles. The average Bonchev–Trinajstić information content (AvgIpc) is 2.74. The van der Waals surface area contributed by atoms with Crippen LogP contribution in [0.2, 0.25) is 0 Å². The number of nitrogens with zero attached hydrogens (tertiary/aromatic N) is 1. The summed E-state index contributed by atoms with van der Waals surface area (Å²) in [5, 5.41) is 7.68. The van der Waals surface area contributed by atoms with Crippen LogP contribution in [-0.2, 0) is 10.0 Å². The third-order valence-corrected chi connectivity index (χ3v) is 5.02. The standard InChI is InChI=1S/C21H16FN3O5S/c1-24-14-7-8-17(19(12-14)30-18-9-6-13(22)10-20(18)29-2)21(26)25-15-4-3-5-16(11-15)31(23,27)28/h3-12H,2H3,(H,25,26)(H2,23,27,28). The van der Waals surface area contributed by atoms with E-state index in [4.69, 9.17) is 21.2 Å². The second-order valence-corrected chi connectivity index (χ2v) is 7.78. The summed E-state index contributed by atoms with van der Waals surface area (Å²) in [6.07, 6.45) is 0. The van der Waals surface area contributed by atoms with Crippen molar-refractivity contribution in [3.63, 3.8) is 0 Å². The van der Waals surface area contributed by atoms with Gasteiger partial charge in [0.05, 0.1) is 24.1 Å². The summed E-state index contributed by atoms with van der Waals surface area (Å²) in [6, 6.07) is 13.2. The molecule has 3 aromatic carbocycles. The molecule has 3 aromatic rings. The van der Waals surface area contributed by atoms with Crippen LogP contribution in [0.15, 0.2) is 65.6 Å². The molecule has 0 aliphatic rings. The number of anilines is 1. The Morgan fingerprint density at radius 3 is 2.52 bits per heavy atom. The van der Waals surface area contributed by atoms with E-state index >= 15 is 0 Å². The molecule has 1 amide bonds. The van der Waals surface area contributed by atoms with Gasteiger partial charge in [-0.25, -0.2) is 22.8 Å². The Morgan fingerprint density at radius 2 is 1.84 bits per heavy atom. The van der Waals surface area contributed by atoms with Crippen molar-refractivity contribution in [1.82, 2.24) is 0 Å². The van der Waals surface area contributed by atoms with E-state index in [9.17, 15) is 17.6 Å². The maximum atomic E-state index is 13.5. The molecule has 0 heterocycles. The molecule has 8 nitrogen and oxygen atoms in total. The SMILES string of the molecule is [C-]#[N+]c1ccc(C(=O)Nc2cccc(S(N)(=O)=O)c2)c(Oc2ccc(F)cc2OC)c1. The highest BCUT2D eigenvalue weighted by Crippen LogP contribution is 2.35.